The zero-order valence-corrected chi connectivity index (χ0v) is 46.7. The van der Waals surface area contributed by atoms with Gasteiger partial charge < -0.3 is 9.47 Å². The van der Waals surface area contributed by atoms with Crippen molar-refractivity contribution in [1.29, 1.82) is 0 Å². The number of unbranched alkanes of at least 4 members (excludes halogenated alkanes) is 10. The van der Waals surface area contributed by atoms with Crippen LogP contribution in [-0.4, -0.2) is 13.2 Å². The molecule has 0 saturated heterocycles. The quantitative estimate of drug-likeness (QED) is 0.0359. The zero-order chi connectivity index (χ0) is 50.0. The molecule has 0 amide bonds. The number of fused-ring (bicyclic) bond motifs is 3. The topological polar surface area (TPSA) is 18.5 Å². The molecule has 2 nitrogen and oxygen atoms in total. The molecule has 2 heteroatoms. The first-order valence-corrected chi connectivity index (χ1v) is 28.6. The lowest BCUT2D eigenvalue weighted by Gasteiger charge is -2.33. The second kappa shape index (κ2) is 31.5. The fourth-order valence-electron chi connectivity index (χ4n) is 10.5. The summed E-state index contributed by atoms with van der Waals surface area (Å²) >= 11 is 0. The van der Waals surface area contributed by atoms with Crippen LogP contribution >= 0.6 is 0 Å². The van der Waals surface area contributed by atoms with Crippen molar-refractivity contribution in [2.45, 2.75) is 230 Å². The van der Waals surface area contributed by atoms with Crippen LogP contribution in [0.3, 0.4) is 0 Å². The number of rotatable bonds is 32. The molecule has 2 unspecified atom stereocenters. The third-order valence-corrected chi connectivity index (χ3v) is 15.1. The van der Waals surface area contributed by atoms with Gasteiger partial charge in [0.2, 0.25) is 0 Å². The smallest absolute Gasteiger partial charge is 0.127 e. The lowest BCUT2D eigenvalue weighted by Crippen LogP contribution is -2.25. The Kier molecular flexibility index (Phi) is 26.4. The van der Waals surface area contributed by atoms with E-state index in [0.29, 0.717) is 11.8 Å². The molecule has 0 aliphatic heterocycles. The maximum atomic E-state index is 6.38. The lowest BCUT2D eigenvalue weighted by atomic mass is 9.70. The fourth-order valence-corrected chi connectivity index (χ4v) is 10.5. The molecule has 0 saturated carbocycles. The van der Waals surface area contributed by atoms with E-state index in [4.69, 9.17) is 9.47 Å². The molecule has 69 heavy (non-hydrogen) atoms. The summed E-state index contributed by atoms with van der Waals surface area (Å²) in [5.74, 6) is 4.89. The Balaban J connectivity index is 0.000000306. The minimum absolute atomic E-state index is 0.234. The van der Waals surface area contributed by atoms with E-state index >= 15 is 0 Å². The van der Waals surface area contributed by atoms with Gasteiger partial charge in [-0.2, -0.15) is 0 Å². The van der Waals surface area contributed by atoms with Crippen molar-refractivity contribution < 1.29 is 9.47 Å². The summed E-state index contributed by atoms with van der Waals surface area (Å²) in [6, 6.07) is 27.5. The minimum Gasteiger partial charge on any atom is -0.493 e. The Morgan fingerprint density at radius 3 is 1.36 bits per heavy atom. The summed E-state index contributed by atoms with van der Waals surface area (Å²) in [6.07, 6.45) is 33.6. The van der Waals surface area contributed by atoms with Crippen molar-refractivity contribution in [3.05, 3.63) is 117 Å². The molecule has 0 N–H and O–H groups in total. The molecule has 0 bridgehead atoms. The molecular weight excluding hydrogens is 837 g/mol. The fraction of sp³-hybridized carbons (Fsp3) is 0.612. The van der Waals surface area contributed by atoms with E-state index in [-0.39, 0.29) is 5.41 Å². The van der Waals surface area contributed by atoms with E-state index in [0.717, 1.165) is 60.5 Å². The molecule has 1 aliphatic rings. The largest absolute Gasteiger partial charge is 0.493 e. The van der Waals surface area contributed by atoms with E-state index in [1.54, 1.807) is 11.1 Å². The molecule has 0 heterocycles. The van der Waals surface area contributed by atoms with E-state index in [1.807, 2.05) is 0 Å². The Morgan fingerprint density at radius 2 is 0.884 bits per heavy atom. The highest BCUT2D eigenvalue weighted by molar-refractivity contribution is 5.81. The van der Waals surface area contributed by atoms with Crippen molar-refractivity contribution in [3.8, 4) is 22.6 Å². The Labute approximate surface area is 426 Å². The van der Waals surface area contributed by atoms with Crippen LogP contribution in [0.5, 0.6) is 11.5 Å². The molecule has 0 spiro atoms. The van der Waals surface area contributed by atoms with Crippen molar-refractivity contribution in [1.82, 2.24) is 0 Å². The first kappa shape index (κ1) is 57.8. The van der Waals surface area contributed by atoms with E-state index in [1.165, 1.54) is 162 Å². The van der Waals surface area contributed by atoms with E-state index < -0.39 is 0 Å². The zero-order valence-electron chi connectivity index (χ0n) is 46.7. The molecule has 1 aliphatic carbocycles. The van der Waals surface area contributed by atoms with Gasteiger partial charge in [-0.15, -0.1) is 0 Å². The highest BCUT2D eigenvalue weighted by atomic mass is 16.5. The average molecular weight is 940 g/mol. The molecule has 5 rings (SSSR count). The normalized spacial score (nSPS) is 13.7. The third-order valence-electron chi connectivity index (χ3n) is 15.1. The van der Waals surface area contributed by atoms with Gasteiger partial charge in [0.1, 0.15) is 11.5 Å². The number of ether oxygens (including phenoxy) is 2. The van der Waals surface area contributed by atoms with Crippen molar-refractivity contribution in [3.63, 3.8) is 0 Å². The Morgan fingerprint density at radius 1 is 0.435 bits per heavy atom. The van der Waals surface area contributed by atoms with Crippen molar-refractivity contribution >= 4 is 12.2 Å². The summed E-state index contributed by atoms with van der Waals surface area (Å²) in [5.41, 5.74) is 14.1. The minimum atomic E-state index is 0.234. The molecule has 0 fully saturated rings. The molecular formula is C67H102O2. The highest BCUT2D eigenvalue weighted by Gasteiger charge is 2.42. The summed E-state index contributed by atoms with van der Waals surface area (Å²) in [5, 5.41) is 0. The lowest BCUT2D eigenvalue weighted by molar-refractivity contribution is 0.267. The van der Waals surface area contributed by atoms with Crippen LogP contribution in [-0.2, 0) is 5.41 Å². The van der Waals surface area contributed by atoms with Crippen LogP contribution < -0.4 is 9.47 Å². The van der Waals surface area contributed by atoms with E-state index in [2.05, 4.69) is 168 Å². The predicted molar refractivity (Wildman–Crippen MR) is 305 cm³/mol. The standard InChI is InChI=1S/C36H56O2.C31H46/c1-27(2)11-9-13-29(5)21-23-37-35-26-34(20-19-33-17-15-31(7)16-18-33)36(25-32(35)8)38-24-22-30(6)14-10-12-28(3)4;1-5-7-9-11-13-15-21-31(22-16-14-12-10-8-6-2)29-23-25(3)17-19-27(29)28-20-18-26(4)24-30(28)31/h15-20,25-30H,9-14,21-24H2,1-8H3;17-20,23-24H,5-16,21-22H2,1-4H3/b20-19+;. The van der Waals surface area contributed by atoms with Crippen LogP contribution in [0.2, 0.25) is 0 Å². The van der Waals surface area contributed by atoms with Crippen LogP contribution in [0.4, 0.5) is 0 Å². The first-order chi connectivity index (χ1) is 33.3. The second-order valence-electron chi connectivity index (χ2n) is 22.7. The monoisotopic (exact) mass is 939 g/mol. The third kappa shape index (κ3) is 20.1. The summed E-state index contributed by atoms with van der Waals surface area (Å²) in [6.45, 7) is 28.9. The van der Waals surface area contributed by atoms with Gasteiger partial charge in [0, 0.05) is 11.0 Å². The van der Waals surface area contributed by atoms with Gasteiger partial charge >= 0.3 is 0 Å². The molecule has 0 aromatic heterocycles. The van der Waals surface area contributed by atoms with Gasteiger partial charge in [-0.1, -0.05) is 260 Å². The molecule has 382 valence electrons. The summed E-state index contributed by atoms with van der Waals surface area (Å²) in [4.78, 5) is 0. The van der Waals surface area contributed by atoms with Gasteiger partial charge in [-0.3, -0.25) is 0 Å². The van der Waals surface area contributed by atoms with Crippen molar-refractivity contribution in [2.24, 2.45) is 23.7 Å². The van der Waals surface area contributed by atoms with Crippen LogP contribution in [0.25, 0.3) is 23.3 Å². The highest BCUT2D eigenvalue weighted by Crippen LogP contribution is 2.54. The molecule has 4 aromatic carbocycles. The summed E-state index contributed by atoms with van der Waals surface area (Å²) in [7, 11) is 0. The average Bonchev–Trinajstić information content (AvgIpc) is 3.56. The molecule has 2 atom stereocenters. The van der Waals surface area contributed by atoms with Crippen molar-refractivity contribution in [2.75, 3.05) is 13.2 Å². The summed E-state index contributed by atoms with van der Waals surface area (Å²) < 4.78 is 12.7. The van der Waals surface area contributed by atoms with Gasteiger partial charge in [0.15, 0.2) is 0 Å². The maximum Gasteiger partial charge on any atom is 0.127 e. The predicted octanol–water partition coefficient (Wildman–Crippen LogP) is 21.0. The molecule has 4 aromatic rings. The first-order valence-electron chi connectivity index (χ1n) is 28.6. The Hall–Kier alpha value is -3.78. The van der Waals surface area contributed by atoms with Gasteiger partial charge in [-0.25, -0.2) is 0 Å². The maximum absolute atomic E-state index is 6.38. The Bertz CT molecular complexity index is 1980. The van der Waals surface area contributed by atoms with Gasteiger partial charge in [-0.05, 0) is 123 Å². The van der Waals surface area contributed by atoms with Gasteiger partial charge in [0.25, 0.3) is 0 Å². The van der Waals surface area contributed by atoms with Crippen LogP contribution in [0.15, 0.2) is 72.8 Å². The number of benzene rings is 4. The van der Waals surface area contributed by atoms with E-state index in [9.17, 15) is 0 Å². The van der Waals surface area contributed by atoms with Gasteiger partial charge in [0.05, 0.1) is 13.2 Å². The SMILES string of the molecule is CCCCCCCCC1(CCCCCCCC)c2cc(C)ccc2-c2ccc(C)cc21.Cc1ccc(/C=C/c2cc(OCCC(C)CCCC(C)C)c(C)cc2OCCC(C)CCCC(C)C)cc1. The number of hydrogen-bond acceptors (Lipinski definition) is 2. The number of aryl methyl sites for hydroxylation is 4. The van der Waals surface area contributed by atoms with Crippen LogP contribution in [0.1, 0.15) is 241 Å². The second-order valence-corrected chi connectivity index (χ2v) is 22.7. The molecule has 0 radical (unpaired) electrons. The van der Waals surface area contributed by atoms with Crippen LogP contribution in [0, 0.1) is 51.4 Å². The number of hydrogen-bond donors (Lipinski definition) is 0.